The number of methoxy groups -OCH3 is 1. The Morgan fingerprint density at radius 1 is 1.05 bits per heavy atom. The van der Waals surface area contributed by atoms with Crippen LogP contribution in [-0.4, -0.2) is 30.1 Å². The van der Waals surface area contributed by atoms with Gasteiger partial charge in [-0.1, -0.05) is 12.1 Å². The summed E-state index contributed by atoms with van der Waals surface area (Å²) in [6, 6.07) is 12.9. The standard InChI is InChI=1S/C17H22N2O/c1-14(12-15-4-6-17(20-3)7-5-15)19(2)13-16-8-10-18-11-9-16/h4-11,14H,12-13H2,1-3H3. The molecule has 0 aliphatic carbocycles. The van der Waals surface area contributed by atoms with Crippen LogP contribution < -0.4 is 4.74 Å². The van der Waals surface area contributed by atoms with Gasteiger partial charge in [-0.2, -0.15) is 0 Å². The molecule has 20 heavy (non-hydrogen) atoms. The van der Waals surface area contributed by atoms with Gasteiger partial charge in [0.05, 0.1) is 7.11 Å². The Hall–Kier alpha value is -1.87. The maximum Gasteiger partial charge on any atom is 0.118 e. The second-order valence-electron chi connectivity index (χ2n) is 5.17. The molecule has 0 saturated carbocycles. The molecule has 0 bridgehead atoms. The highest BCUT2D eigenvalue weighted by atomic mass is 16.5. The Bertz CT molecular complexity index is 510. The number of aromatic nitrogens is 1. The minimum absolute atomic E-state index is 0.483. The summed E-state index contributed by atoms with van der Waals surface area (Å²) in [5.41, 5.74) is 2.63. The minimum Gasteiger partial charge on any atom is -0.497 e. The van der Waals surface area contributed by atoms with Gasteiger partial charge in [-0.15, -0.1) is 0 Å². The van der Waals surface area contributed by atoms with Crippen LogP contribution in [0.25, 0.3) is 0 Å². The van der Waals surface area contributed by atoms with Crippen molar-refractivity contribution in [2.45, 2.75) is 25.9 Å². The van der Waals surface area contributed by atoms with Gasteiger partial charge in [0.2, 0.25) is 0 Å². The predicted octanol–water partition coefficient (Wildman–Crippen LogP) is 3.15. The number of rotatable bonds is 6. The van der Waals surface area contributed by atoms with Crippen LogP contribution in [0.1, 0.15) is 18.1 Å². The van der Waals surface area contributed by atoms with Gasteiger partial charge in [0, 0.05) is 25.0 Å². The van der Waals surface area contributed by atoms with E-state index in [1.54, 1.807) is 7.11 Å². The minimum atomic E-state index is 0.483. The molecule has 0 spiro atoms. The third-order valence-corrected chi connectivity index (χ3v) is 3.62. The zero-order valence-electron chi connectivity index (χ0n) is 12.4. The van der Waals surface area contributed by atoms with Crippen molar-refractivity contribution in [3.63, 3.8) is 0 Å². The molecule has 0 fully saturated rings. The SMILES string of the molecule is COc1ccc(CC(C)N(C)Cc2ccncc2)cc1. The van der Waals surface area contributed by atoms with Crippen LogP contribution in [0, 0.1) is 0 Å². The molecule has 3 heteroatoms. The van der Waals surface area contributed by atoms with Crippen LogP contribution in [0.3, 0.4) is 0 Å². The lowest BCUT2D eigenvalue weighted by Gasteiger charge is -2.25. The maximum absolute atomic E-state index is 5.18. The number of nitrogens with zero attached hydrogens (tertiary/aromatic N) is 2. The first-order valence-corrected chi connectivity index (χ1v) is 6.91. The summed E-state index contributed by atoms with van der Waals surface area (Å²) in [7, 11) is 3.86. The summed E-state index contributed by atoms with van der Waals surface area (Å²) in [6.45, 7) is 3.20. The number of pyridine rings is 1. The molecule has 0 radical (unpaired) electrons. The number of ether oxygens (including phenoxy) is 1. The molecule has 1 heterocycles. The summed E-state index contributed by atoms with van der Waals surface area (Å²) in [4.78, 5) is 6.41. The average Bonchev–Trinajstić information content (AvgIpc) is 2.49. The number of likely N-dealkylation sites (N-methyl/N-ethyl adjacent to an activating group) is 1. The fourth-order valence-electron chi connectivity index (χ4n) is 2.19. The van der Waals surface area contributed by atoms with Crippen molar-refractivity contribution in [2.24, 2.45) is 0 Å². The third kappa shape index (κ3) is 4.07. The Morgan fingerprint density at radius 3 is 2.30 bits per heavy atom. The van der Waals surface area contributed by atoms with Gasteiger partial charge in [-0.3, -0.25) is 9.88 Å². The Labute approximate surface area is 121 Å². The lowest BCUT2D eigenvalue weighted by molar-refractivity contribution is 0.248. The molecule has 0 saturated heterocycles. The van der Waals surface area contributed by atoms with Gasteiger partial charge < -0.3 is 4.74 Å². The summed E-state index contributed by atoms with van der Waals surface area (Å²) in [5.74, 6) is 0.909. The first kappa shape index (κ1) is 14.5. The Balaban J connectivity index is 1.91. The van der Waals surface area contributed by atoms with E-state index >= 15 is 0 Å². The van der Waals surface area contributed by atoms with Gasteiger partial charge in [0.15, 0.2) is 0 Å². The van der Waals surface area contributed by atoms with E-state index in [0.717, 1.165) is 18.7 Å². The van der Waals surface area contributed by atoms with E-state index in [2.05, 4.69) is 48.1 Å². The molecule has 2 rings (SSSR count). The second-order valence-corrected chi connectivity index (χ2v) is 5.17. The summed E-state index contributed by atoms with van der Waals surface area (Å²) < 4.78 is 5.18. The molecule has 3 nitrogen and oxygen atoms in total. The van der Waals surface area contributed by atoms with Crippen LogP contribution >= 0.6 is 0 Å². The lowest BCUT2D eigenvalue weighted by atomic mass is 10.1. The largest absolute Gasteiger partial charge is 0.497 e. The van der Waals surface area contributed by atoms with E-state index in [4.69, 9.17) is 4.74 Å². The van der Waals surface area contributed by atoms with E-state index < -0.39 is 0 Å². The second kappa shape index (κ2) is 7.06. The third-order valence-electron chi connectivity index (χ3n) is 3.62. The van der Waals surface area contributed by atoms with Crippen LogP contribution in [0.5, 0.6) is 5.75 Å². The van der Waals surface area contributed by atoms with Crippen molar-refractivity contribution in [2.75, 3.05) is 14.2 Å². The maximum atomic E-state index is 5.18. The number of benzene rings is 1. The average molecular weight is 270 g/mol. The molecular formula is C17H22N2O. The number of hydrogen-bond donors (Lipinski definition) is 0. The van der Waals surface area contributed by atoms with Crippen molar-refractivity contribution in [1.29, 1.82) is 0 Å². The van der Waals surface area contributed by atoms with Crippen molar-refractivity contribution >= 4 is 0 Å². The molecule has 1 atom stereocenters. The lowest BCUT2D eigenvalue weighted by Crippen LogP contribution is -2.30. The van der Waals surface area contributed by atoms with Crippen molar-refractivity contribution in [1.82, 2.24) is 9.88 Å². The summed E-state index contributed by atoms with van der Waals surface area (Å²) >= 11 is 0. The first-order valence-electron chi connectivity index (χ1n) is 6.91. The molecule has 1 unspecified atom stereocenters. The first-order chi connectivity index (χ1) is 9.69. The van der Waals surface area contributed by atoms with E-state index in [1.165, 1.54) is 11.1 Å². The van der Waals surface area contributed by atoms with Gasteiger partial charge in [-0.05, 0) is 55.8 Å². The van der Waals surface area contributed by atoms with E-state index in [1.807, 2.05) is 24.5 Å². The van der Waals surface area contributed by atoms with Gasteiger partial charge in [0.1, 0.15) is 5.75 Å². The molecule has 2 aromatic rings. The Kier molecular flexibility index (Phi) is 5.13. The quantitative estimate of drug-likeness (QED) is 0.806. The topological polar surface area (TPSA) is 25.4 Å². The van der Waals surface area contributed by atoms with Gasteiger partial charge >= 0.3 is 0 Å². The molecule has 106 valence electrons. The van der Waals surface area contributed by atoms with E-state index in [9.17, 15) is 0 Å². The summed E-state index contributed by atoms with van der Waals surface area (Å²) in [5, 5.41) is 0. The highest BCUT2D eigenvalue weighted by Crippen LogP contribution is 2.15. The highest BCUT2D eigenvalue weighted by Gasteiger charge is 2.10. The van der Waals surface area contributed by atoms with Crippen LogP contribution in [0.15, 0.2) is 48.8 Å². The highest BCUT2D eigenvalue weighted by molar-refractivity contribution is 5.27. The van der Waals surface area contributed by atoms with Crippen LogP contribution in [0.2, 0.25) is 0 Å². The monoisotopic (exact) mass is 270 g/mol. The summed E-state index contributed by atoms with van der Waals surface area (Å²) in [6.07, 6.45) is 4.72. The molecule has 1 aromatic carbocycles. The van der Waals surface area contributed by atoms with Gasteiger partial charge in [-0.25, -0.2) is 0 Å². The van der Waals surface area contributed by atoms with E-state index in [-0.39, 0.29) is 0 Å². The molecule has 1 aromatic heterocycles. The van der Waals surface area contributed by atoms with Crippen LogP contribution in [0.4, 0.5) is 0 Å². The van der Waals surface area contributed by atoms with Crippen molar-refractivity contribution in [3.8, 4) is 5.75 Å². The van der Waals surface area contributed by atoms with Crippen LogP contribution in [-0.2, 0) is 13.0 Å². The number of hydrogen-bond acceptors (Lipinski definition) is 3. The van der Waals surface area contributed by atoms with E-state index in [0.29, 0.717) is 6.04 Å². The molecule has 0 aliphatic rings. The van der Waals surface area contributed by atoms with Crippen molar-refractivity contribution < 1.29 is 4.74 Å². The van der Waals surface area contributed by atoms with Crippen molar-refractivity contribution in [3.05, 3.63) is 59.9 Å². The molecular weight excluding hydrogens is 248 g/mol. The molecule has 0 aliphatic heterocycles. The Morgan fingerprint density at radius 2 is 1.70 bits per heavy atom. The fourth-order valence-corrected chi connectivity index (χ4v) is 2.19. The smallest absolute Gasteiger partial charge is 0.118 e. The molecule has 0 amide bonds. The predicted molar refractivity (Wildman–Crippen MR) is 81.9 cm³/mol. The molecule has 0 N–H and O–H groups in total. The zero-order chi connectivity index (χ0) is 14.4. The normalized spacial score (nSPS) is 12.4. The van der Waals surface area contributed by atoms with Gasteiger partial charge in [0.25, 0.3) is 0 Å². The zero-order valence-corrected chi connectivity index (χ0v) is 12.4. The fraction of sp³-hybridized carbons (Fsp3) is 0.353.